The smallest absolute Gasteiger partial charge is 0.335 e. The predicted molar refractivity (Wildman–Crippen MR) is 65.9 cm³/mol. The molecule has 0 spiro atoms. The Morgan fingerprint density at radius 3 is 2.76 bits per heavy atom. The van der Waals surface area contributed by atoms with Crippen molar-refractivity contribution in [2.45, 2.75) is 12.8 Å². The highest BCUT2D eigenvalue weighted by atomic mass is 16.5. The van der Waals surface area contributed by atoms with Gasteiger partial charge in [-0.3, -0.25) is 0 Å². The molecule has 1 aliphatic carbocycles. The Morgan fingerprint density at radius 2 is 2.24 bits per heavy atom. The van der Waals surface area contributed by atoms with Gasteiger partial charge in [-0.25, -0.2) is 4.79 Å². The van der Waals surface area contributed by atoms with Gasteiger partial charge in [0.15, 0.2) is 0 Å². The first kappa shape index (κ1) is 11.8. The summed E-state index contributed by atoms with van der Waals surface area (Å²) in [5.74, 6) is 0.560. The second-order valence-corrected chi connectivity index (χ2v) is 4.52. The Kier molecular flexibility index (Phi) is 3.22. The molecule has 0 aromatic heterocycles. The molecule has 0 aliphatic heterocycles. The van der Waals surface area contributed by atoms with Crippen LogP contribution in [-0.2, 0) is 0 Å². The summed E-state index contributed by atoms with van der Waals surface area (Å²) in [6.45, 7) is 0.958. The Labute approximate surface area is 101 Å². The van der Waals surface area contributed by atoms with Crippen molar-refractivity contribution in [1.29, 1.82) is 0 Å². The van der Waals surface area contributed by atoms with Gasteiger partial charge in [-0.15, -0.1) is 0 Å². The zero-order valence-electron chi connectivity index (χ0n) is 10.1. The molecule has 92 valence electrons. The van der Waals surface area contributed by atoms with Crippen LogP contribution in [0.15, 0.2) is 18.2 Å². The normalized spacial score (nSPS) is 14.5. The first-order chi connectivity index (χ1) is 8.11. The number of hydrogen-bond acceptors (Lipinski definition) is 3. The molecule has 0 amide bonds. The maximum Gasteiger partial charge on any atom is 0.335 e. The van der Waals surface area contributed by atoms with E-state index in [1.54, 1.807) is 25.3 Å². The average Bonchev–Trinajstić information content (AvgIpc) is 3.11. The van der Waals surface area contributed by atoms with Crippen LogP contribution in [0.5, 0.6) is 5.75 Å². The van der Waals surface area contributed by atoms with E-state index in [9.17, 15) is 4.79 Å². The summed E-state index contributed by atoms with van der Waals surface area (Å²) in [7, 11) is 3.58. The fourth-order valence-electron chi connectivity index (χ4n) is 1.91. The van der Waals surface area contributed by atoms with E-state index >= 15 is 0 Å². The van der Waals surface area contributed by atoms with E-state index in [1.165, 1.54) is 12.8 Å². The van der Waals surface area contributed by atoms with Crippen LogP contribution in [0.4, 0.5) is 5.69 Å². The molecule has 1 aliphatic rings. The number of carboxylic acids is 1. The predicted octanol–water partition coefficient (Wildman–Crippen LogP) is 2.24. The number of methoxy groups -OCH3 is 1. The topological polar surface area (TPSA) is 49.8 Å². The molecule has 2 rings (SSSR count). The highest BCUT2D eigenvalue weighted by Crippen LogP contribution is 2.34. The molecule has 0 bridgehead atoms. The van der Waals surface area contributed by atoms with Gasteiger partial charge in [0, 0.05) is 13.6 Å². The molecule has 4 heteroatoms. The fraction of sp³-hybridized carbons (Fsp3) is 0.462. The summed E-state index contributed by atoms with van der Waals surface area (Å²) < 4.78 is 5.27. The SMILES string of the molecule is COc1ccc(C(=O)O)cc1N(C)CC1CC1. The van der Waals surface area contributed by atoms with Gasteiger partial charge in [-0.05, 0) is 37.0 Å². The first-order valence-corrected chi connectivity index (χ1v) is 5.74. The summed E-state index contributed by atoms with van der Waals surface area (Å²) in [5.41, 5.74) is 1.14. The zero-order valence-corrected chi connectivity index (χ0v) is 10.1. The largest absolute Gasteiger partial charge is 0.495 e. The van der Waals surface area contributed by atoms with Gasteiger partial charge >= 0.3 is 5.97 Å². The van der Waals surface area contributed by atoms with Crippen LogP contribution < -0.4 is 9.64 Å². The van der Waals surface area contributed by atoms with Gasteiger partial charge in [0.05, 0.1) is 18.4 Å². The molecule has 1 saturated carbocycles. The molecule has 0 heterocycles. The maximum absolute atomic E-state index is 11.0. The highest BCUT2D eigenvalue weighted by molar-refractivity contribution is 5.89. The molecule has 1 fully saturated rings. The fourth-order valence-corrected chi connectivity index (χ4v) is 1.91. The van der Waals surface area contributed by atoms with E-state index in [0.29, 0.717) is 5.56 Å². The lowest BCUT2D eigenvalue weighted by Gasteiger charge is -2.22. The van der Waals surface area contributed by atoms with Gasteiger partial charge in [0.25, 0.3) is 0 Å². The summed E-state index contributed by atoms with van der Waals surface area (Å²) in [5, 5.41) is 8.99. The molecule has 1 aromatic carbocycles. The third-order valence-corrected chi connectivity index (χ3v) is 3.07. The molecule has 0 unspecified atom stereocenters. The van der Waals surface area contributed by atoms with E-state index < -0.39 is 5.97 Å². The number of aromatic carboxylic acids is 1. The van der Waals surface area contributed by atoms with Gasteiger partial charge in [0.2, 0.25) is 0 Å². The van der Waals surface area contributed by atoms with E-state index in [4.69, 9.17) is 9.84 Å². The molecule has 4 nitrogen and oxygen atoms in total. The molecular weight excluding hydrogens is 218 g/mol. The molecule has 0 saturated heterocycles. The van der Waals surface area contributed by atoms with Gasteiger partial charge in [-0.2, -0.15) is 0 Å². The van der Waals surface area contributed by atoms with E-state index in [0.717, 1.165) is 23.9 Å². The minimum absolute atomic E-state index is 0.295. The van der Waals surface area contributed by atoms with Crippen molar-refractivity contribution >= 4 is 11.7 Å². The van der Waals surface area contributed by atoms with Crippen molar-refractivity contribution < 1.29 is 14.6 Å². The van der Waals surface area contributed by atoms with Crippen molar-refractivity contribution in [3.05, 3.63) is 23.8 Å². The van der Waals surface area contributed by atoms with Crippen LogP contribution in [0.2, 0.25) is 0 Å². The molecule has 1 aromatic rings. The Bertz CT molecular complexity index is 427. The van der Waals surface area contributed by atoms with Crippen LogP contribution in [0, 0.1) is 5.92 Å². The number of benzene rings is 1. The minimum atomic E-state index is -0.909. The summed E-state index contributed by atoms with van der Waals surface area (Å²) in [6, 6.07) is 4.95. The van der Waals surface area contributed by atoms with Gasteiger partial charge in [0.1, 0.15) is 5.75 Å². The van der Waals surface area contributed by atoms with Crippen molar-refractivity contribution in [3.63, 3.8) is 0 Å². The Balaban J connectivity index is 2.26. The monoisotopic (exact) mass is 235 g/mol. The van der Waals surface area contributed by atoms with Crippen LogP contribution in [0.1, 0.15) is 23.2 Å². The molecule has 1 N–H and O–H groups in total. The van der Waals surface area contributed by atoms with Crippen molar-refractivity contribution in [2.24, 2.45) is 5.92 Å². The van der Waals surface area contributed by atoms with Crippen molar-refractivity contribution in [3.8, 4) is 5.75 Å². The van der Waals surface area contributed by atoms with E-state index in [-0.39, 0.29) is 0 Å². The number of anilines is 1. The number of carbonyl (C=O) groups is 1. The standard InChI is InChI=1S/C13H17NO3/c1-14(8-9-3-4-9)11-7-10(13(15)16)5-6-12(11)17-2/h5-7,9H,3-4,8H2,1-2H3,(H,15,16). The second kappa shape index (κ2) is 4.65. The molecule has 0 radical (unpaired) electrons. The minimum Gasteiger partial charge on any atom is -0.495 e. The number of hydrogen-bond donors (Lipinski definition) is 1. The molecule has 0 atom stereocenters. The Hall–Kier alpha value is -1.71. The molecule has 17 heavy (non-hydrogen) atoms. The van der Waals surface area contributed by atoms with Crippen molar-refractivity contribution in [2.75, 3.05) is 25.6 Å². The number of rotatable bonds is 5. The third-order valence-electron chi connectivity index (χ3n) is 3.07. The summed E-state index contributed by atoms with van der Waals surface area (Å²) in [6.07, 6.45) is 2.54. The van der Waals surface area contributed by atoms with Crippen LogP contribution in [0.25, 0.3) is 0 Å². The lowest BCUT2D eigenvalue weighted by Crippen LogP contribution is -2.21. The van der Waals surface area contributed by atoms with Crippen LogP contribution >= 0.6 is 0 Å². The van der Waals surface area contributed by atoms with Crippen molar-refractivity contribution in [1.82, 2.24) is 0 Å². The van der Waals surface area contributed by atoms with E-state index in [2.05, 4.69) is 4.90 Å². The maximum atomic E-state index is 11.0. The lowest BCUT2D eigenvalue weighted by atomic mass is 10.1. The summed E-state index contributed by atoms with van der Waals surface area (Å²) in [4.78, 5) is 13.0. The summed E-state index contributed by atoms with van der Waals surface area (Å²) >= 11 is 0. The zero-order chi connectivity index (χ0) is 12.4. The Morgan fingerprint density at radius 1 is 1.53 bits per heavy atom. The van der Waals surface area contributed by atoms with Gasteiger partial charge < -0.3 is 14.7 Å². The van der Waals surface area contributed by atoms with Crippen LogP contribution in [0.3, 0.4) is 0 Å². The quantitative estimate of drug-likeness (QED) is 0.850. The number of nitrogens with zero attached hydrogens (tertiary/aromatic N) is 1. The third kappa shape index (κ3) is 2.70. The molecular formula is C13H17NO3. The van der Waals surface area contributed by atoms with Crippen LogP contribution in [-0.4, -0.2) is 31.8 Å². The highest BCUT2D eigenvalue weighted by Gasteiger charge is 2.24. The first-order valence-electron chi connectivity index (χ1n) is 5.74. The number of carboxylic acid groups (broad SMARTS) is 1. The lowest BCUT2D eigenvalue weighted by molar-refractivity contribution is 0.0697. The average molecular weight is 235 g/mol. The number of ether oxygens (including phenoxy) is 1. The van der Waals surface area contributed by atoms with Gasteiger partial charge in [-0.1, -0.05) is 0 Å². The van der Waals surface area contributed by atoms with E-state index in [1.807, 2.05) is 7.05 Å². The second-order valence-electron chi connectivity index (χ2n) is 4.52.